The molecule has 0 aliphatic heterocycles. The Bertz CT molecular complexity index is 1020. The third kappa shape index (κ3) is 44.6. The summed E-state index contributed by atoms with van der Waals surface area (Å²) in [5.41, 5.74) is 5.39. The van der Waals surface area contributed by atoms with Crippen molar-refractivity contribution < 1.29 is 28.4 Å². The second-order valence-electron chi connectivity index (χ2n) is 17.0. The van der Waals surface area contributed by atoms with E-state index >= 15 is 0 Å². The zero-order chi connectivity index (χ0) is 43.2. The van der Waals surface area contributed by atoms with Crippen molar-refractivity contribution in [2.24, 2.45) is 5.73 Å². The Morgan fingerprint density at radius 1 is 0.559 bits per heavy atom. The molecule has 5 N–H and O–H groups in total. The molecule has 8 nitrogen and oxygen atoms in total. The van der Waals surface area contributed by atoms with Gasteiger partial charge in [0.2, 0.25) is 5.91 Å². The van der Waals surface area contributed by atoms with E-state index in [9.17, 15) is 19.4 Å². The van der Waals surface area contributed by atoms with Gasteiger partial charge in [0, 0.05) is 13.0 Å². The SMILES string of the molecule is CCCCC/C=C\C/C=C\CCCCCCCCCCCC(=O)NC(COP(=O)(O)OCCN)C(O)/C=C/CCCCCCCCCCCCCCCCCCCCC. The van der Waals surface area contributed by atoms with Crippen molar-refractivity contribution >= 4 is 13.7 Å². The van der Waals surface area contributed by atoms with Crippen LogP contribution >= 0.6 is 7.82 Å². The normalized spacial score (nSPS) is 14.2. The average Bonchev–Trinajstić information content (AvgIpc) is 3.22. The predicted octanol–water partition coefficient (Wildman–Crippen LogP) is 14.7. The molecule has 3 atom stereocenters. The van der Waals surface area contributed by atoms with Crippen molar-refractivity contribution in [1.29, 1.82) is 0 Å². The Morgan fingerprint density at radius 3 is 1.37 bits per heavy atom. The molecule has 59 heavy (non-hydrogen) atoms. The van der Waals surface area contributed by atoms with Crippen LogP contribution in [0.15, 0.2) is 36.5 Å². The van der Waals surface area contributed by atoms with Gasteiger partial charge in [-0.3, -0.25) is 13.8 Å². The number of hydrogen-bond donors (Lipinski definition) is 4. The highest BCUT2D eigenvalue weighted by Crippen LogP contribution is 2.43. The minimum absolute atomic E-state index is 0.0779. The summed E-state index contributed by atoms with van der Waals surface area (Å²) in [5, 5.41) is 13.7. The highest BCUT2D eigenvalue weighted by molar-refractivity contribution is 7.47. The van der Waals surface area contributed by atoms with E-state index < -0.39 is 20.0 Å². The number of aliphatic hydroxyl groups excluding tert-OH is 1. The first kappa shape index (κ1) is 57.7. The molecule has 0 heterocycles. The van der Waals surface area contributed by atoms with Gasteiger partial charge in [-0.2, -0.15) is 0 Å². The largest absolute Gasteiger partial charge is 0.472 e. The van der Waals surface area contributed by atoms with Crippen LogP contribution in [0.1, 0.15) is 245 Å². The third-order valence-electron chi connectivity index (χ3n) is 11.2. The number of hydrogen-bond acceptors (Lipinski definition) is 6. The van der Waals surface area contributed by atoms with E-state index in [0.717, 1.165) is 44.9 Å². The van der Waals surface area contributed by atoms with Crippen molar-refractivity contribution in [3.63, 3.8) is 0 Å². The molecule has 9 heteroatoms. The fraction of sp³-hybridized carbons (Fsp3) is 0.860. The molecule has 0 aromatic heterocycles. The summed E-state index contributed by atoms with van der Waals surface area (Å²) in [6, 6.07) is -0.863. The number of phosphoric ester groups is 1. The van der Waals surface area contributed by atoms with Gasteiger partial charge in [-0.15, -0.1) is 0 Å². The van der Waals surface area contributed by atoms with Gasteiger partial charge < -0.3 is 21.1 Å². The van der Waals surface area contributed by atoms with Crippen LogP contribution in [0.5, 0.6) is 0 Å². The van der Waals surface area contributed by atoms with Crippen LogP contribution in [0.25, 0.3) is 0 Å². The second-order valence-corrected chi connectivity index (χ2v) is 18.5. The molecule has 0 aromatic carbocycles. The lowest BCUT2D eigenvalue weighted by Crippen LogP contribution is -2.45. The number of nitrogens with one attached hydrogen (secondary N) is 1. The van der Waals surface area contributed by atoms with E-state index in [4.69, 9.17) is 14.8 Å². The number of aliphatic hydroxyl groups is 1. The number of amides is 1. The lowest BCUT2D eigenvalue weighted by Gasteiger charge is -2.23. The van der Waals surface area contributed by atoms with E-state index in [1.165, 1.54) is 180 Å². The van der Waals surface area contributed by atoms with Gasteiger partial charge in [0.15, 0.2) is 0 Å². The summed E-state index contributed by atoms with van der Waals surface area (Å²) in [6.45, 7) is 4.13. The average molecular weight is 853 g/mol. The summed E-state index contributed by atoms with van der Waals surface area (Å²) in [6.07, 6.45) is 56.3. The Labute approximate surface area is 365 Å². The Morgan fingerprint density at radius 2 is 0.932 bits per heavy atom. The minimum atomic E-state index is -4.34. The second kappa shape index (κ2) is 46.2. The maximum atomic E-state index is 12.8. The number of allylic oxidation sites excluding steroid dienone is 5. The van der Waals surface area contributed by atoms with Gasteiger partial charge in [-0.25, -0.2) is 4.57 Å². The van der Waals surface area contributed by atoms with Crippen molar-refractivity contribution in [2.75, 3.05) is 19.8 Å². The molecule has 0 bridgehead atoms. The zero-order valence-electron chi connectivity index (χ0n) is 38.7. The zero-order valence-corrected chi connectivity index (χ0v) is 39.6. The summed E-state index contributed by atoms with van der Waals surface area (Å²) >= 11 is 0. The van der Waals surface area contributed by atoms with Crippen molar-refractivity contribution in [1.82, 2.24) is 5.32 Å². The number of carbonyl (C=O) groups excluding carboxylic acids is 1. The monoisotopic (exact) mass is 853 g/mol. The molecule has 0 aliphatic carbocycles. The van der Waals surface area contributed by atoms with Gasteiger partial charge >= 0.3 is 7.82 Å². The molecule has 0 rings (SSSR count). The molecule has 0 saturated carbocycles. The fourth-order valence-corrected chi connectivity index (χ4v) is 8.16. The first-order chi connectivity index (χ1) is 28.9. The number of rotatable bonds is 47. The number of unbranched alkanes of at least 4 members (excludes halogenated alkanes) is 31. The fourth-order valence-electron chi connectivity index (χ4n) is 7.40. The van der Waals surface area contributed by atoms with E-state index in [-0.39, 0.29) is 25.7 Å². The summed E-state index contributed by atoms with van der Waals surface area (Å²) in [4.78, 5) is 22.8. The summed E-state index contributed by atoms with van der Waals surface area (Å²) in [7, 11) is -4.34. The molecule has 0 radical (unpaired) electrons. The molecule has 0 aromatic rings. The van der Waals surface area contributed by atoms with Crippen molar-refractivity contribution in [3.8, 4) is 0 Å². The Balaban J connectivity index is 4.12. The molecular weight excluding hydrogens is 756 g/mol. The molecule has 0 fully saturated rings. The number of nitrogens with two attached hydrogens (primary N) is 1. The quantitative estimate of drug-likeness (QED) is 0.0272. The first-order valence-corrected chi connectivity index (χ1v) is 26.6. The van der Waals surface area contributed by atoms with Crippen LogP contribution in [0.2, 0.25) is 0 Å². The maximum Gasteiger partial charge on any atom is 0.472 e. The van der Waals surface area contributed by atoms with Crippen molar-refractivity contribution in [3.05, 3.63) is 36.5 Å². The molecule has 1 amide bonds. The van der Waals surface area contributed by atoms with Crippen LogP contribution in [-0.2, 0) is 18.4 Å². The molecule has 0 spiro atoms. The molecular formula is C50H97N2O6P. The summed E-state index contributed by atoms with van der Waals surface area (Å²) < 4.78 is 22.2. The lowest BCUT2D eigenvalue weighted by atomic mass is 10.0. The van der Waals surface area contributed by atoms with Gasteiger partial charge in [-0.1, -0.05) is 224 Å². The van der Waals surface area contributed by atoms with Gasteiger partial charge in [0.1, 0.15) is 0 Å². The molecule has 348 valence electrons. The van der Waals surface area contributed by atoms with E-state index in [1.807, 2.05) is 6.08 Å². The van der Waals surface area contributed by atoms with E-state index in [0.29, 0.717) is 6.42 Å². The van der Waals surface area contributed by atoms with Crippen LogP contribution in [0.4, 0.5) is 0 Å². The van der Waals surface area contributed by atoms with Gasteiger partial charge in [0.05, 0.1) is 25.4 Å². The Kier molecular flexibility index (Phi) is 45.2. The smallest absolute Gasteiger partial charge is 0.387 e. The highest BCUT2D eigenvalue weighted by Gasteiger charge is 2.26. The summed E-state index contributed by atoms with van der Waals surface area (Å²) in [5.74, 6) is -0.197. The predicted molar refractivity (Wildman–Crippen MR) is 254 cm³/mol. The minimum Gasteiger partial charge on any atom is -0.387 e. The molecule has 3 unspecified atom stereocenters. The third-order valence-corrected chi connectivity index (χ3v) is 12.2. The number of phosphoric acid groups is 1. The molecule has 0 saturated heterocycles. The van der Waals surface area contributed by atoms with Crippen molar-refractivity contribution in [2.45, 2.75) is 257 Å². The standard InChI is InChI=1S/C50H97N2O6P/c1-3-5-7-9-11-13-15-17-19-21-23-24-26-27-29-31-33-35-37-39-41-43-49(53)48(47-58-59(55,56)57-46-45-51)52-50(54)44-42-40-38-36-34-32-30-28-25-22-20-18-16-14-12-10-8-6-4-2/h12,14,18,20,41,43,48-49,53H,3-11,13,15-17,19,21-40,42,44-47,51H2,1-2H3,(H,52,54)(H,55,56)/b14-12-,20-18-,43-41+. The van der Waals surface area contributed by atoms with Crippen LogP contribution < -0.4 is 11.1 Å². The number of carbonyl (C=O) groups is 1. The maximum absolute atomic E-state index is 12.8. The van der Waals surface area contributed by atoms with E-state index in [1.54, 1.807) is 6.08 Å². The van der Waals surface area contributed by atoms with Crippen LogP contribution in [0.3, 0.4) is 0 Å². The Hall–Kier alpha value is -1.28. The van der Waals surface area contributed by atoms with Gasteiger partial charge in [-0.05, 0) is 51.4 Å². The molecule has 0 aliphatic rings. The first-order valence-electron chi connectivity index (χ1n) is 25.1. The van der Waals surface area contributed by atoms with Gasteiger partial charge in [0.25, 0.3) is 0 Å². The van der Waals surface area contributed by atoms with E-state index in [2.05, 4.69) is 43.5 Å². The van der Waals surface area contributed by atoms with Crippen LogP contribution in [-0.4, -0.2) is 47.8 Å². The highest BCUT2D eigenvalue weighted by atomic mass is 31.2. The lowest BCUT2D eigenvalue weighted by molar-refractivity contribution is -0.123. The van der Waals surface area contributed by atoms with Crippen LogP contribution in [0, 0.1) is 0 Å². The topological polar surface area (TPSA) is 131 Å².